The van der Waals surface area contributed by atoms with Gasteiger partial charge in [-0.3, -0.25) is 9.59 Å². The van der Waals surface area contributed by atoms with Crippen molar-refractivity contribution in [1.29, 1.82) is 0 Å². The summed E-state index contributed by atoms with van der Waals surface area (Å²) in [5.74, 6) is -0.112. The van der Waals surface area contributed by atoms with Crippen molar-refractivity contribution in [3.05, 3.63) is 57.5 Å². The van der Waals surface area contributed by atoms with Crippen LogP contribution in [0.5, 0.6) is 11.5 Å². The summed E-state index contributed by atoms with van der Waals surface area (Å²) in [7, 11) is 0. The predicted molar refractivity (Wildman–Crippen MR) is 102 cm³/mol. The first-order valence-corrected chi connectivity index (χ1v) is 8.52. The number of benzene rings is 2. The van der Waals surface area contributed by atoms with Gasteiger partial charge in [0.1, 0.15) is 11.5 Å². The van der Waals surface area contributed by atoms with E-state index in [0.717, 1.165) is 4.47 Å². The highest BCUT2D eigenvalue weighted by atomic mass is 79.9. The Morgan fingerprint density at radius 3 is 2.69 bits per heavy atom. The number of hydrogen-bond donors (Lipinski definition) is 2. The third-order valence-electron chi connectivity index (χ3n) is 2.89. The average Bonchev–Trinajstić information content (AvgIpc) is 2.59. The second-order valence-electron chi connectivity index (χ2n) is 4.98. The van der Waals surface area contributed by atoms with Crippen LogP contribution in [-0.4, -0.2) is 31.2 Å². The van der Waals surface area contributed by atoms with Crippen molar-refractivity contribution in [2.45, 2.75) is 0 Å². The van der Waals surface area contributed by atoms with Crippen molar-refractivity contribution in [3.8, 4) is 11.5 Å². The Kier molecular flexibility index (Phi) is 7.43. The molecule has 0 aliphatic carbocycles. The molecule has 0 radical (unpaired) electrons. The molecule has 0 aliphatic heterocycles. The molecule has 0 saturated heterocycles. The number of nitrogens with one attached hydrogen (secondary N) is 1. The lowest BCUT2D eigenvalue weighted by Gasteiger charge is -2.06. The van der Waals surface area contributed by atoms with Gasteiger partial charge in [-0.2, -0.15) is 5.10 Å². The number of carbonyl (C=O) groups is 2. The highest BCUT2D eigenvalue weighted by Crippen LogP contribution is 2.24. The summed E-state index contributed by atoms with van der Waals surface area (Å²) in [4.78, 5) is 22.4. The fourth-order valence-corrected chi connectivity index (χ4v) is 2.40. The molecule has 0 unspecified atom stereocenters. The van der Waals surface area contributed by atoms with Gasteiger partial charge in [0, 0.05) is 4.47 Å². The molecule has 0 saturated carbocycles. The number of ether oxygens (including phenoxy) is 2. The molecule has 2 aromatic rings. The van der Waals surface area contributed by atoms with Crippen LogP contribution >= 0.6 is 27.5 Å². The molecule has 0 bridgehead atoms. The van der Waals surface area contributed by atoms with Crippen LogP contribution in [0, 0.1) is 0 Å². The summed E-state index contributed by atoms with van der Waals surface area (Å²) in [6.45, 7) is -0.435. The summed E-state index contributed by atoms with van der Waals surface area (Å²) in [5.41, 5.74) is 7.98. The van der Waals surface area contributed by atoms with Gasteiger partial charge in [-0.15, -0.1) is 0 Å². The van der Waals surface area contributed by atoms with Crippen molar-refractivity contribution in [2.24, 2.45) is 10.8 Å². The first-order valence-electron chi connectivity index (χ1n) is 7.35. The van der Waals surface area contributed by atoms with Crippen molar-refractivity contribution in [3.63, 3.8) is 0 Å². The van der Waals surface area contributed by atoms with Gasteiger partial charge < -0.3 is 15.2 Å². The molecule has 2 aromatic carbocycles. The minimum Gasteiger partial charge on any atom is -0.484 e. The van der Waals surface area contributed by atoms with Gasteiger partial charge in [-0.1, -0.05) is 33.6 Å². The molecular formula is C17H15BrClN3O4. The molecule has 0 heterocycles. The monoisotopic (exact) mass is 439 g/mol. The maximum absolute atomic E-state index is 11.7. The number of carbonyl (C=O) groups excluding carboxylic acids is 2. The van der Waals surface area contributed by atoms with Gasteiger partial charge in [0.05, 0.1) is 11.2 Å². The number of hydrogen-bond acceptors (Lipinski definition) is 5. The number of nitrogens with zero attached hydrogens (tertiary/aromatic N) is 1. The smallest absolute Gasteiger partial charge is 0.277 e. The van der Waals surface area contributed by atoms with Crippen molar-refractivity contribution in [2.75, 3.05) is 13.2 Å². The zero-order chi connectivity index (χ0) is 18.9. The van der Waals surface area contributed by atoms with E-state index in [9.17, 15) is 9.59 Å². The molecule has 136 valence electrons. The molecule has 0 aromatic heterocycles. The maximum atomic E-state index is 11.7. The highest BCUT2D eigenvalue weighted by Gasteiger charge is 2.05. The van der Waals surface area contributed by atoms with E-state index in [4.69, 9.17) is 26.8 Å². The Bertz CT molecular complexity index is 829. The number of halogens is 2. The lowest BCUT2D eigenvalue weighted by molar-refractivity contribution is -0.123. The van der Waals surface area contributed by atoms with E-state index in [-0.39, 0.29) is 13.2 Å². The lowest BCUT2D eigenvalue weighted by Crippen LogP contribution is -2.24. The van der Waals surface area contributed by atoms with Crippen LogP contribution < -0.4 is 20.6 Å². The zero-order valence-corrected chi connectivity index (χ0v) is 15.8. The third-order valence-corrected chi connectivity index (χ3v) is 3.68. The standard InChI is InChI=1S/C17H15BrClN3O4/c18-12-2-1-3-13(7-12)25-10-17(24)22-21-8-11-4-5-15(14(19)6-11)26-9-16(20)23/h1-8H,9-10H2,(H2,20,23)(H,22,24). The zero-order valence-electron chi connectivity index (χ0n) is 13.4. The number of rotatable bonds is 8. The predicted octanol–water partition coefficient (Wildman–Crippen LogP) is 2.50. The minimum atomic E-state index is -0.598. The van der Waals surface area contributed by atoms with Crippen LogP contribution in [0.25, 0.3) is 0 Å². The van der Waals surface area contributed by atoms with E-state index < -0.39 is 11.8 Å². The van der Waals surface area contributed by atoms with Gasteiger partial charge in [0.25, 0.3) is 11.8 Å². The van der Waals surface area contributed by atoms with Crippen molar-refractivity contribution < 1.29 is 19.1 Å². The Morgan fingerprint density at radius 2 is 2.00 bits per heavy atom. The third kappa shape index (κ3) is 6.73. The van der Waals surface area contributed by atoms with E-state index in [1.165, 1.54) is 6.21 Å². The Balaban J connectivity index is 1.82. The molecule has 0 fully saturated rings. The minimum absolute atomic E-state index is 0.172. The molecule has 0 spiro atoms. The first-order chi connectivity index (χ1) is 12.4. The molecule has 7 nitrogen and oxygen atoms in total. The second kappa shape index (κ2) is 9.79. The van der Waals surface area contributed by atoms with E-state index in [2.05, 4.69) is 26.5 Å². The molecule has 3 N–H and O–H groups in total. The Hall–Kier alpha value is -2.58. The molecule has 2 rings (SSSR count). The molecule has 0 aliphatic rings. The molecule has 9 heteroatoms. The second-order valence-corrected chi connectivity index (χ2v) is 6.31. The van der Waals surface area contributed by atoms with Gasteiger partial charge in [-0.05, 0) is 42.0 Å². The van der Waals surface area contributed by atoms with Crippen LogP contribution in [0.1, 0.15) is 5.56 Å². The molecule has 26 heavy (non-hydrogen) atoms. The van der Waals surface area contributed by atoms with E-state index in [0.29, 0.717) is 22.1 Å². The highest BCUT2D eigenvalue weighted by molar-refractivity contribution is 9.10. The lowest BCUT2D eigenvalue weighted by atomic mass is 10.2. The Morgan fingerprint density at radius 1 is 1.19 bits per heavy atom. The fraction of sp³-hybridized carbons (Fsp3) is 0.118. The van der Waals surface area contributed by atoms with Gasteiger partial charge in [-0.25, -0.2) is 5.43 Å². The summed E-state index contributed by atoms with van der Waals surface area (Å²) >= 11 is 9.35. The molecule has 2 amide bonds. The van der Waals surface area contributed by atoms with Gasteiger partial charge in [0.15, 0.2) is 13.2 Å². The van der Waals surface area contributed by atoms with Crippen molar-refractivity contribution >= 4 is 45.6 Å². The van der Waals surface area contributed by atoms with Crippen LogP contribution in [-0.2, 0) is 9.59 Å². The number of primary amides is 1. The Labute approximate surface area is 163 Å². The SMILES string of the molecule is NC(=O)COc1ccc(C=NNC(=O)COc2cccc(Br)c2)cc1Cl. The number of nitrogens with two attached hydrogens (primary N) is 1. The normalized spacial score (nSPS) is 10.5. The van der Waals surface area contributed by atoms with E-state index in [1.54, 1.807) is 36.4 Å². The summed E-state index contributed by atoms with van der Waals surface area (Å²) in [6, 6.07) is 12.0. The summed E-state index contributed by atoms with van der Waals surface area (Å²) in [5, 5.41) is 4.12. The number of amides is 2. The van der Waals surface area contributed by atoms with Crippen LogP contribution in [0.2, 0.25) is 5.02 Å². The van der Waals surface area contributed by atoms with Crippen LogP contribution in [0.3, 0.4) is 0 Å². The van der Waals surface area contributed by atoms with Gasteiger partial charge >= 0.3 is 0 Å². The van der Waals surface area contributed by atoms with E-state index in [1.807, 2.05) is 6.07 Å². The van der Waals surface area contributed by atoms with Crippen LogP contribution in [0.4, 0.5) is 0 Å². The topological polar surface area (TPSA) is 103 Å². The molecule has 0 atom stereocenters. The van der Waals surface area contributed by atoms with E-state index >= 15 is 0 Å². The van der Waals surface area contributed by atoms with Crippen molar-refractivity contribution in [1.82, 2.24) is 5.43 Å². The maximum Gasteiger partial charge on any atom is 0.277 e. The fourth-order valence-electron chi connectivity index (χ4n) is 1.78. The summed E-state index contributed by atoms with van der Waals surface area (Å²) < 4.78 is 11.3. The molecular weight excluding hydrogens is 426 g/mol. The quantitative estimate of drug-likeness (QED) is 0.486. The largest absolute Gasteiger partial charge is 0.484 e. The number of hydrazone groups is 1. The summed E-state index contributed by atoms with van der Waals surface area (Å²) in [6.07, 6.45) is 1.42. The van der Waals surface area contributed by atoms with Crippen LogP contribution in [0.15, 0.2) is 52.0 Å². The van der Waals surface area contributed by atoms with Gasteiger partial charge in [0.2, 0.25) is 0 Å². The first kappa shape index (κ1) is 19.7. The average molecular weight is 441 g/mol.